The molecule has 0 heterocycles. The van der Waals surface area contributed by atoms with Crippen LogP contribution in [0.25, 0.3) is 0 Å². The van der Waals surface area contributed by atoms with Gasteiger partial charge in [-0.2, -0.15) is 0 Å². The van der Waals surface area contributed by atoms with Crippen LogP contribution >= 0.6 is 47.8 Å². The van der Waals surface area contributed by atoms with Crippen molar-refractivity contribution in [3.63, 3.8) is 0 Å². The zero-order valence-corrected chi connectivity index (χ0v) is 15.0. The van der Waals surface area contributed by atoms with Gasteiger partial charge in [-0.15, -0.1) is 0 Å². The lowest BCUT2D eigenvalue weighted by Crippen LogP contribution is -2.23. The van der Waals surface area contributed by atoms with Gasteiger partial charge in [-0.25, -0.2) is 9.59 Å². The predicted octanol–water partition coefficient (Wildman–Crippen LogP) is 3.18. The number of carbonyl (C=O) groups excluding carboxylic acids is 3. The highest BCUT2D eigenvalue weighted by molar-refractivity contribution is 9.40. The van der Waals surface area contributed by atoms with Gasteiger partial charge < -0.3 is 9.47 Å². The van der Waals surface area contributed by atoms with Gasteiger partial charge in [-0.3, -0.25) is 4.79 Å². The summed E-state index contributed by atoms with van der Waals surface area (Å²) in [6.07, 6.45) is 1.03. The molecule has 0 aliphatic heterocycles. The molecule has 0 aromatic heterocycles. The van der Waals surface area contributed by atoms with Crippen molar-refractivity contribution in [2.24, 2.45) is 0 Å². The molecule has 0 saturated heterocycles. The van der Waals surface area contributed by atoms with Gasteiger partial charge in [0.25, 0.3) is 0 Å². The van der Waals surface area contributed by atoms with Gasteiger partial charge in [0.1, 0.15) is 0 Å². The molecular weight excluding hydrogens is 452 g/mol. The summed E-state index contributed by atoms with van der Waals surface area (Å²) in [4.78, 5) is 33.6. The minimum absolute atomic E-state index is 0.0689. The lowest BCUT2D eigenvalue weighted by molar-refractivity contribution is -0.158. The molecule has 0 saturated carbocycles. The van der Waals surface area contributed by atoms with Crippen molar-refractivity contribution in [1.29, 1.82) is 0 Å². The van der Waals surface area contributed by atoms with Crippen molar-refractivity contribution >= 4 is 65.7 Å². The second kappa shape index (κ2) is 8.86. The number of hydrogen-bond acceptors (Lipinski definition) is 5. The summed E-state index contributed by atoms with van der Waals surface area (Å²) < 4.78 is 8.13. The Balaban J connectivity index is 3.74. The first-order valence-corrected chi connectivity index (χ1v) is 7.67. The van der Waals surface area contributed by atoms with E-state index in [0.29, 0.717) is 18.4 Å². The van der Waals surface area contributed by atoms with Crippen molar-refractivity contribution in [2.75, 3.05) is 6.61 Å². The number of carbonyl (C=O) groups is 3. The van der Waals surface area contributed by atoms with Crippen molar-refractivity contribution in [3.05, 3.63) is 12.2 Å². The predicted molar refractivity (Wildman–Crippen MR) is 80.2 cm³/mol. The molecule has 0 unspecified atom stereocenters. The van der Waals surface area contributed by atoms with Crippen LogP contribution in [0, 0.1) is 0 Å². The molecule has 0 spiro atoms. The molecule has 0 aliphatic carbocycles. The van der Waals surface area contributed by atoms with E-state index < -0.39 is 20.1 Å². The van der Waals surface area contributed by atoms with Gasteiger partial charge in [-0.1, -0.05) is 6.58 Å². The molecule has 0 aromatic rings. The summed E-state index contributed by atoms with van der Waals surface area (Å²) in [5.41, 5.74) is 0.327. The Kier molecular flexibility index (Phi) is 8.76. The average molecular weight is 465 g/mol. The zero-order valence-electron chi connectivity index (χ0n) is 10.2. The second-order valence-corrected chi connectivity index (χ2v) is 10.4. The van der Waals surface area contributed by atoms with E-state index in [0.717, 1.165) is 0 Å². The average Bonchev–Trinajstić information content (AvgIpc) is 2.26. The van der Waals surface area contributed by atoms with Crippen LogP contribution in [0.3, 0.4) is 0 Å². The first-order valence-electron chi connectivity index (χ1n) is 5.29. The van der Waals surface area contributed by atoms with Crippen LogP contribution in [-0.2, 0) is 23.9 Å². The van der Waals surface area contributed by atoms with E-state index >= 15 is 0 Å². The number of ether oxygens (including phenoxy) is 2. The van der Waals surface area contributed by atoms with E-state index in [2.05, 4.69) is 59.1 Å². The Hall–Kier alpha value is -0.210. The Labute approximate surface area is 136 Å². The molecule has 0 aromatic carbocycles. The maximum Gasteiger partial charge on any atom is 0.352 e. The minimum Gasteiger partial charge on any atom is -0.462 e. The molecule has 0 N–H and O–H groups in total. The molecule has 0 rings (SSSR count). The van der Waals surface area contributed by atoms with Gasteiger partial charge in [0.05, 0.1) is 6.61 Å². The Bertz CT molecular complexity index is 373. The highest BCUT2D eigenvalue weighted by atomic mass is 80.0. The molecule has 0 bridgehead atoms. The largest absolute Gasteiger partial charge is 0.462 e. The topological polar surface area (TPSA) is 69.7 Å². The van der Waals surface area contributed by atoms with Gasteiger partial charge in [0.2, 0.25) is 2.14 Å². The Morgan fingerprint density at radius 2 is 1.74 bits per heavy atom. The van der Waals surface area contributed by atoms with E-state index in [1.165, 1.54) is 0 Å². The maximum absolute atomic E-state index is 11.3. The van der Waals surface area contributed by atoms with Crippen LogP contribution in [0.4, 0.5) is 0 Å². The van der Waals surface area contributed by atoms with Crippen molar-refractivity contribution in [1.82, 2.24) is 0 Å². The van der Waals surface area contributed by atoms with Crippen molar-refractivity contribution < 1.29 is 23.9 Å². The Morgan fingerprint density at radius 1 is 1.16 bits per heavy atom. The summed E-state index contributed by atoms with van der Waals surface area (Å²) in [6, 6.07) is 0. The summed E-state index contributed by atoms with van der Waals surface area (Å²) in [7, 11) is 0. The quantitative estimate of drug-likeness (QED) is 0.198. The highest BCUT2D eigenvalue weighted by Crippen LogP contribution is 2.34. The monoisotopic (exact) mass is 462 g/mol. The fourth-order valence-electron chi connectivity index (χ4n) is 0.872. The lowest BCUT2D eigenvalue weighted by Gasteiger charge is -2.09. The fraction of sp³-hybridized carbons (Fsp3) is 0.545. The standard InChI is InChI=1S/C11H13Br3O5/c1-7(2)9(16)18-6-4-3-5-8(15)19-10(17)11(12,13)14/h1,3-6H2,2H3. The van der Waals surface area contributed by atoms with Crippen molar-refractivity contribution in [2.45, 2.75) is 28.3 Å². The van der Waals surface area contributed by atoms with Gasteiger partial charge in [0, 0.05) is 12.0 Å². The third kappa shape index (κ3) is 9.34. The van der Waals surface area contributed by atoms with Crippen LogP contribution in [0.1, 0.15) is 26.2 Å². The molecule has 19 heavy (non-hydrogen) atoms. The fourth-order valence-corrected chi connectivity index (χ4v) is 1.11. The molecule has 0 radical (unpaired) electrons. The van der Waals surface area contributed by atoms with E-state index in [-0.39, 0.29) is 13.0 Å². The molecule has 5 nitrogen and oxygen atoms in total. The highest BCUT2D eigenvalue weighted by Gasteiger charge is 2.32. The Morgan fingerprint density at radius 3 is 2.21 bits per heavy atom. The third-order valence-corrected chi connectivity index (χ3v) is 2.77. The normalized spacial score (nSPS) is 10.7. The SMILES string of the molecule is C=C(C)C(=O)OCCCCC(=O)OC(=O)C(Br)(Br)Br. The zero-order chi connectivity index (χ0) is 15.1. The van der Waals surface area contributed by atoms with Gasteiger partial charge in [0.15, 0.2) is 0 Å². The van der Waals surface area contributed by atoms with Gasteiger partial charge >= 0.3 is 17.9 Å². The van der Waals surface area contributed by atoms with Crippen LogP contribution in [0.5, 0.6) is 0 Å². The molecular formula is C11H13Br3O5. The van der Waals surface area contributed by atoms with Crippen LogP contribution < -0.4 is 0 Å². The lowest BCUT2D eigenvalue weighted by atomic mass is 10.2. The third-order valence-electron chi connectivity index (χ3n) is 1.79. The smallest absolute Gasteiger partial charge is 0.352 e. The summed E-state index contributed by atoms with van der Waals surface area (Å²) in [6.45, 7) is 5.19. The van der Waals surface area contributed by atoms with Gasteiger partial charge in [-0.05, 0) is 67.6 Å². The number of rotatable bonds is 6. The number of alkyl halides is 3. The van der Waals surface area contributed by atoms with Crippen LogP contribution in [0.15, 0.2) is 12.2 Å². The summed E-state index contributed by atoms with van der Waals surface area (Å²) in [5, 5.41) is 0. The van der Waals surface area contributed by atoms with E-state index in [4.69, 9.17) is 4.74 Å². The molecule has 0 aliphatic rings. The molecule has 8 heteroatoms. The van der Waals surface area contributed by atoms with E-state index in [1.807, 2.05) is 0 Å². The second-order valence-electron chi connectivity index (χ2n) is 3.63. The van der Waals surface area contributed by atoms with E-state index in [1.54, 1.807) is 6.92 Å². The van der Waals surface area contributed by atoms with Crippen molar-refractivity contribution in [3.8, 4) is 0 Å². The van der Waals surface area contributed by atoms with E-state index in [9.17, 15) is 14.4 Å². The van der Waals surface area contributed by atoms with Crippen LogP contribution in [-0.4, -0.2) is 26.7 Å². The molecule has 108 valence electrons. The maximum atomic E-state index is 11.3. The molecule has 0 fully saturated rings. The number of hydrogen-bond donors (Lipinski definition) is 0. The van der Waals surface area contributed by atoms with Crippen LogP contribution in [0.2, 0.25) is 0 Å². The number of halogens is 3. The molecule has 0 amide bonds. The first-order chi connectivity index (χ1) is 8.64. The first kappa shape index (κ1) is 18.8. The summed E-state index contributed by atoms with van der Waals surface area (Å²) in [5.74, 6) is -1.88. The minimum atomic E-state index is -1.25. The number of unbranched alkanes of at least 4 members (excludes halogenated alkanes) is 1. The number of esters is 3. The molecule has 0 atom stereocenters. The summed E-state index contributed by atoms with van der Waals surface area (Å²) >= 11 is 8.81.